The second-order valence-electron chi connectivity index (χ2n) is 5.41. The second-order valence-corrected chi connectivity index (χ2v) is 5.41. The quantitative estimate of drug-likeness (QED) is 0.728. The van der Waals surface area contributed by atoms with Crippen molar-refractivity contribution in [1.82, 2.24) is 5.32 Å². The molecule has 0 radical (unpaired) electrons. The van der Waals surface area contributed by atoms with Gasteiger partial charge in [-0.3, -0.25) is 4.79 Å². The van der Waals surface area contributed by atoms with Gasteiger partial charge in [0, 0.05) is 12.1 Å². The first-order chi connectivity index (χ1) is 11.6. The normalized spacial score (nSPS) is 10.2. The highest BCUT2D eigenvalue weighted by molar-refractivity contribution is 5.94. The van der Waals surface area contributed by atoms with Gasteiger partial charge in [-0.25, -0.2) is 4.79 Å². The van der Waals surface area contributed by atoms with Crippen LogP contribution < -0.4 is 10.1 Å². The Bertz CT molecular complexity index is 678. The molecule has 5 heteroatoms. The molecule has 0 aliphatic carbocycles. The first kappa shape index (κ1) is 17.5. The molecule has 0 unspecified atom stereocenters. The minimum Gasteiger partial charge on any atom is -0.494 e. The number of carbonyl (C=O) groups excluding carboxylic acids is 1. The van der Waals surface area contributed by atoms with Crippen molar-refractivity contribution >= 4 is 11.9 Å². The van der Waals surface area contributed by atoms with Gasteiger partial charge in [0.05, 0.1) is 12.2 Å². The molecule has 0 spiro atoms. The molecule has 0 bridgehead atoms. The molecule has 2 rings (SSSR count). The van der Waals surface area contributed by atoms with Gasteiger partial charge in [0.25, 0.3) is 5.91 Å². The van der Waals surface area contributed by atoms with E-state index in [4.69, 9.17) is 9.84 Å². The van der Waals surface area contributed by atoms with Crippen molar-refractivity contribution < 1.29 is 19.4 Å². The van der Waals surface area contributed by atoms with E-state index < -0.39 is 5.97 Å². The first-order valence-corrected chi connectivity index (χ1v) is 7.93. The molecule has 2 aromatic carbocycles. The number of carbonyl (C=O) groups is 2. The fraction of sp³-hybridized carbons (Fsp3) is 0.263. The van der Waals surface area contributed by atoms with E-state index in [1.54, 1.807) is 36.4 Å². The lowest BCUT2D eigenvalue weighted by Gasteiger charge is -2.08. The molecular weight excluding hydrogens is 306 g/mol. The number of ether oxygens (including phenoxy) is 1. The molecule has 0 fully saturated rings. The molecule has 2 N–H and O–H groups in total. The van der Waals surface area contributed by atoms with E-state index in [1.807, 2.05) is 0 Å². The Balaban J connectivity index is 1.86. The fourth-order valence-electron chi connectivity index (χ4n) is 2.09. The van der Waals surface area contributed by atoms with E-state index in [0.29, 0.717) is 18.7 Å². The summed E-state index contributed by atoms with van der Waals surface area (Å²) in [4.78, 5) is 22.9. The monoisotopic (exact) mass is 327 g/mol. The number of unbranched alkanes of at least 4 members (excludes halogenated alkanes) is 1. The van der Waals surface area contributed by atoms with E-state index in [0.717, 1.165) is 24.2 Å². The van der Waals surface area contributed by atoms with Crippen LogP contribution >= 0.6 is 0 Å². The second kappa shape index (κ2) is 8.72. The number of hydrogen-bond donors (Lipinski definition) is 2. The molecule has 5 nitrogen and oxygen atoms in total. The maximum Gasteiger partial charge on any atom is 0.335 e. The Morgan fingerprint density at radius 2 is 1.62 bits per heavy atom. The molecule has 0 aliphatic heterocycles. The summed E-state index contributed by atoms with van der Waals surface area (Å²) >= 11 is 0. The molecule has 1 amide bonds. The topological polar surface area (TPSA) is 75.6 Å². The molecule has 0 heterocycles. The van der Waals surface area contributed by atoms with Crippen LogP contribution in [0.15, 0.2) is 48.5 Å². The largest absolute Gasteiger partial charge is 0.494 e. The molecular formula is C19H21NO4. The van der Waals surface area contributed by atoms with Crippen molar-refractivity contribution in [2.24, 2.45) is 0 Å². The number of carboxylic acid groups (broad SMARTS) is 1. The van der Waals surface area contributed by atoms with Crippen LogP contribution in [0.1, 0.15) is 46.0 Å². The molecule has 0 aliphatic rings. The van der Waals surface area contributed by atoms with Gasteiger partial charge in [-0.1, -0.05) is 25.5 Å². The van der Waals surface area contributed by atoms with Crippen LogP contribution in [0.3, 0.4) is 0 Å². The van der Waals surface area contributed by atoms with Crippen LogP contribution in [0, 0.1) is 0 Å². The summed E-state index contributed by atoms with van der Waals surface area (Å²) in [6.45, 7) is 3.12. The van der Waals surface area contributed by atoms with Crippen LogP contribution in [-0.4, -0.2) is 23.6 Å². The van der Waals surface area contributed by atoms with E-state index >= 15 is 0 Å². The third-order valence-corrected chi connectivity index (χ3v) is 3.54. The van der Waals surface area contributed by atoms with Gasteiger partial charge in [0.1, 0.15) is 5.75 Å². The van der Waals surface area contributed by atoms with Crippen molar-refractivity contribution in [2.45, 2.75) is 26.3 Å². The average Bonchev–Trinajstić information content (AvgIpc) is 2.61. The standard InChI is InChI=1S/C19H21NO4/c1-2-3-12-24-17-10-8-15(9-11-17)18(21)20-13-14-4-6-16(7-5-14)19(22)23/h4-11H,2-3,12-13H2,1H3,(H,20,21)(H,22,23). The Morgan fingerprint density at radius 1 is 1.00 bits per heavy atom. The first-order valence-electron chi connectivity index (χ1n) is 7.93. The minimum atomic E-state index is -0.966. The van der Waals surface area contributed by atoms with Crippen LogP contribution in [0.5, 0.6) is 5.75 Å². The minimum absolute atomic E-state index is 0.183. The summed E-state index contributed by atoms with van der Waals surface area (Å²) in [5.41, 5.74) is 1.62. The summed E-state index contributed by atoms with van der Waals surface area (Å²) in [5, 5.41) is 11.7. The van der Waals surface area contributed by atoms with Crippen LogP contribution in [0.4, 0.5) is 0 Å². The van der Waals surface area contributed by atoms with Crippen LogP contribution in [0.25, 0.3) is 0 Å². The highest BCUT2D eigenvalue weighted by Gasteiger charge is 2.06. The van der Waals surface area contributed by atoms with Crippen molar-refractivity contribution in [3.05, 3.63) is 65.2 Å². The summed E-state index contributed by atoms with van der Waals surface area (Å²) < 4.78 is 5.56. The predicted molar refractivity (Wildman–Crippen MR) is 91.4 cm³/mol. The van der Waals surface area contributed by atoms with Gasteiger partial charge >= 0.3 is 5.97 Å². The number of carboxylic acids is 1. The highest BCUT2D eigenvalue weighted by atomic mass is 16.5. The van der Waals surface area contributed by atoms with Crippen molar-refractivity contribution in [1.29, 1.82) is 0 Å². The molecule has 0 saturated heterocycles. The maximum absolute atomic E-state index is 12.1. The Kier molecular flexibility index (Phi) is 6.37. The van der Waals surface area contributed by atoms with Gasteiger partial charge in [-0.05, 0) is 48.4 Å². The Morgan fingerprint density at radius 3 is 2.21 bits per heavy atom. The van der Waals surface area contributed by atoms with E-state index in [-0.39, 0.29) is 11.5 Å². The highest BCUT2D eigenvalue weighted by Crippen LogP contribution is 2.13. The van der Waals surface area contributed by atoms with Crippen molar-refractivity contribution in [3.8, 4) is 5.75 Å². The van der Waals surface area contributed by atoms with Crippen LogP contribution in [-0.2, 0) is 6.54 Å². The maximum atomic E-state index is 12.1. The lowest BCUT2D eigenvalue weighted by atomic mass is 10.1. The number of aromatic carboxylic acids is 1. The molecule has 126 valence electrons. The molecule has 0 aromatic heterocycles. The molecule has 24 heavy (non-hydrogen) atoms. The summed E-state index contributed by atoms with van der Waals surface area (Å²) in [5.74, 6) is -0.395. The zero-order valence-corrected chi connectivity index (χ0v) is 13.6. The number of benzene rings is 2. The Hall–Kier alpha value is -2.82. The van der Waals surface area contributed by atoms with Gasteiger partial charge in [0.15, 0.2) is 0 Å². The molecule has 0 saturated carbocycles. The number of hydrogen-bond acceptors (Lipinski definition) is 3. The van der Waals surface area contributed by atoms with Crippen molar-refractivity contribution in [3.63, 3.8) is 0 Å². The predicted octanol–water partition coefficient (Wildman–Crippen LogP) is 3.49. The zero-order valence-electron chi connectivity index (χ0n) is 13.6. The van der Waals surface area contributed by atoms with E-state index in [2.05, 4.69) is 12.2 Å². The molecule has 2 aromatic rings. The van der Waals surface area contributed by atoms with E-state index in [9.17, 15) is 9.59 Å². The number of rotatable bonds is 8. The summed E-state index contributed by atoms with van der Waals surface area (Å²) in [6.07, 6.45) is 2.08. The fourth-order valence-corrected chi connectivity index (χ4v) is 2.09. The third kappa shape index (κ3) is 5.12. The lowest BCUT2D eigenvalue weighted by molar-refractivity contribution is 0.0696. The summed E-state index contributed by atoms with van der Waals surface area (Å²) in [6, 6.07) is 13.4. The average molecular weight is 327 g/mol. The van der Waals surface area contributed by atoms with Gasteiger partial charge in [0.2, 0.25) is 0 Å². The number of amides is 1. The smallest absolute Gasteiger partial charge is 0.335 e. The SMILES string of the molecule is CCCCOc1ccc(C(=O)NCc2ccc(C(=O)O)cc2)cc1. The number of nitrogens with one attached hydrogen (secondary N) is 1. The summed E-state index contributed by atoms with van der Waals surface area (Å²) in [7, 11) is 0. The van der Waals surface area contributed by atoms with E-state index in [1.165, 1.54) is 12.1 Å². The molecule has 0 atom stereocenters. The van der Waals surface area contributed by atoms with Gasteiger partial charge in [-0.15, -0.1) is 0 Å². The third-order valence-electron chi connectivity index (χ3n) is 3.54. The lowest BCUT2D eigenvalue weighted by Crippen LogP contribution is -2.22. The van der Waals surface area contributed by atoms with Gasteiger partial charge < -0.3 is 15.2 Å². The zero-order chi connectivity index (χ0) is 17.4. The van der Waals surface area contributed by atoms with Gasteiger partial charge in [-0.2, -0.15) is 0 Å². The van der Waals surface area contributed by atoms with Crippen LogP contribution in [0.2, 0.25) is 0 Å². The van der Waals surface area contributed by atoms with Crippen molar-refractivity contribution in [2.75, 3.05) is 6.61 Å². The Labute approximate surface area is 141 Å².